The predicted molar refractivity (Wildman–Crippen MR) is 64.6 cm³/mol. The van der Waals surface area contributed by atoms with Gasteiger partial charge in [-0.05, 0) is 44.0 Å². The Morgan fingerprint density at radius 2 is 1.70 bits per heavy atom. The van der Waals surface area contributed by atoms with E-state index >= 15 is 0 Å². The Morgan fingerprint density at radius 3 is 2.15 bits per heavy atom. The van der Waals surface area contributed by atoms with Crippen molar-refractivity contribution >= 4 is 11.8 Å². The quantitative estimate of drug-likeness (QED) is 0.476. The van der Waals surface area contributed by atoms with Gasteiger partial charge in [0.2, 0.25) is 0 Å². The standard InChI is InChI=1S/C14H11F3O3/c1-9(2)20-13(19)12(18)8-5-10-3-6-11(7-4-10)14(15,16)17/h3-4,6-7,9H,1-2H3. The summed E-state index contributed by atoms with van der Waals surface area (Å²) in [5, 5.41) is 0. The van der Waals surface area contributed by atoms with Gasteiger partial charge in [0.25, 0.3) is 0 Å². The van der Waals surface area contributed by atoms with E-state index in [1.165, 1.54) is 0 Å². The molecule has 20 heavy (non-hydrogen) atoms. The molecule has 0 heterocycles. The molecule has 0 aliphatic heterocycles. The fraction of sp³-hybridized carbons (Fsp3) is 0.286. The van der Waals surface area contributed by atoms with Gasteiger partial charge in [-0.15, -0.1) is 0 Å². The molecule has 0 bridgehead atoms. The van der Waals surface area contributed by atoms with Gasteiger partial charge < -0.3 is 4.74 Å². The Hall–Kier alpha value is -2.29. The lowest BCUT2D eigenvalue weighted by Gasteiger charge is -2.05. The second-order valence-corrected chi connectivity index (χ2v) is 4.11. The Labute approximate surface area is 113 Å². The van der Waals surface area contributed by atoms with Crippen LogP contribution >= 0.6 is 0 Å². The number of ketones is 1. The molecule has 0 saturated heterocycles. The molecule has 0 unspecified atom stereocenters. The summed E-state index contributed by atoms with van der Waals surface area (Å²) in [6, 6.07) is 3.94. The van der Waals surface area contributed by atoms with Crippen LogP contribution in [0.4, 0.5) is 13.2 Å². The third-order valence-corrected chi connectivity index (χ3v) is 2.06. The molecule has 0 aliphatic rings. The van der Waals surface area contributed by atoms with E-state index in [4.69, 9.17) is 0 Å². The molecular weight excluding hydrogens is 273 g/mol. The number of halogens is 3. The van der Waals surface area contributed by atoms with Gasteiger partial charge in [0.05, 0.1) is 11.7 Å². The van der Waals surface area contributed by atoms with E-state index in [0.29, 0.717) is 0 Å². The van der Waals surface area contributed by atoms with Crippen LogP contribution in [0.2, 0.25) is 0 Å². The zero-order valence-corrected chi connectivity index (χ0v) is 10.7. The Morgan fingerprint density at radius 1 is 1.15 bits per heavy atom. The van der Waals surface area contributed by atoms with Crippen molar-refractivity contribution in [2.45, 2.75) is 26.1 Å². The average molecular weight is 284 g/mol. The zero-order chi connectivity index (χ0) is 15.3. The van der Waals surface area contributed by atoms with Gasteiger partial charge in [-0.1, -0.05) is 5.92 Å². The Bertz CT molecular complexity index is 560. The van der Waals surface area contributed by atoms with Crippen LogP contribution in [-0.4, -0.2) is 17.9 Å². The third kappa shape index (κ3) is 4.76. The molecule has 0 fully saturated rings. The minimum Gasteiger partial charge on any atom is -0.456 e. The van der Waals surface area contributed by atoms with Crippen LogP contribution in [0.3, 0.4) is 0 Å². The highest BCUT2D eigenvalue weighted by molar-refractivity contribution is 6.41. The normalized spacial score (nSPS) is 10.7. The minimum atomic E-state index is -4.43. The van der Waals surface area contributed by atoms with E-state index in [1.807, 2.05) is 5.92 Å². The summed E-state index contributed by atoms with van der Waals surface area (Å²) in [7, 11) is 0. The summed E-state index contributed by atoms with van der Waals surface area (Å²) in [6.45, 7) is 3.16. The van der Waals surface area contributed by atoms with Crippen molar-refractivity contribution < 1.29 is 27.5 Å². The van der Waals surface area contributed by atoms with Crippen molar-refractivity contribution in [2.75, 3.05) is 0 Å². The average Bonchev–Trinajstić information content (AvgIpc) is 2.34. The summed E-state index contributed by atoms with van der Waals surface area (Å²) in [5.41, 5.74) is -0.614. The Balaban J connectivity index is 2.78. The molecule has 1 aromatic carbocycles. The number of carbonyl (C=O) groups is 2. The third-order valence-electron chi connectivity index (χ3n) is 2.06. The molecule has 6 heteroatoms. The first-order chi connectivity index (χ1) is 9.20. The molecule has 1 rings (SSSR count). The highest BCUT2D eigenvalue weighted by atomic mass is 19.4. The largest absolute Gasteiger partial charge is 0.456 e. The number of carbonyl (C=O) groups excluding carboxylic acids is 2. The van der Waals surface area contributed by atoms with Crippen molar-refractivity contribution in [3.8, 4) is 11.8 Å². The first-order valence-electron chi connectivity index (χ1n) is 5.64. The van der Waals surface area contributed by atoms with Crippen LogP contribution in [-0.2, 0) is 20.5 Å². The maximum atomic E-state index is 12.3. The summed E-state index contributed by atoms with van der Waals surface area (Å²) < 4.78 is 41.6. The van der Waals surface area contributed by atoms with Crippen molar-refractivity contribution in [3.05, 3.63) is 35.4 Å². The van der Waals surface area contributed by atoms with Crippen molar-refractivity contribution in [2.24, 2.45) is 0 Å². The molecule has 0 radical (unpaired) electrons. The molecular formula is C14H11F3O3. The molecule has 0 N–H and O–H groups in total. The second-order valence-electron chi connectivity index (χ2n) is 4.11. The molecule has 3 nitrogen and oxygen atoms in total. The van der Waals surface area contributed by atoms with Gasteiger partial charge in [0.1, 0.15) is 0 Å². The number of hydrogen-bond donors (Lipinski definition) is 0. The van der Waals surface area contributed by atoms with Crippen LogP contribution in [0.15, 0.2) is 24.3 Å². The van der Waals surface area contributed by atoms with E-state index in [1.54, 1.807) is 13.8 Å². The molecule has 1 aromatic rings. The molecule has 0 saturated carbocycles. The van der Waals surface area contributed by atoms with Gasteiger partial charge in [-0.3, -0.25) is 4.79 Å². The van der Waals surface area contributed by atoms with Gasteiger partial charge in [0, 0.05) is 5.56 Å². The monoisotopic (exact) mass is 284 g/mol. The summed E-state index contributed by atoms with van der Waals surface area (Å²) in [4.78, 5) is 22.4. The van der Waals surface area contributed by atoms with Crippen molar-refractivity contribution in [1.29, 1.82) is 0 Å². The molecule has 0 spiro atoms. The van der Waals surface area contributed by atoms with Crippen LogP contribution in [0.5, 0.6) is 0 Å². The molecule has 0 amide bonds. The second kappa shape index (κ2) is 6.24. The number of hydrogen-bond acceptors (Lipinski definition) is 3. The molecule has 0 aliphatic carbocycles. The number of Topliss-reactive ketones (excluding diaryl/α,β-unsaturated/α-hetero) is 1. The van der Waals surface area contributed by atoms with E-state index in [-0.39, 0.29) is 5.56 Å². The van der Waals surface area contributed by atoms with Gasteiger partial charge in [-0.2, -0.15) is 13.2 Å². The van der Waals surface area contributed by atoms with Gasteiger partial charge >= 0.3 is 17.9 Å². The highest BCUT2D eigenvalue weighted by Crippen LogP contribution is 2.28. The van der Waals surface area contributed by atoms with E-state index in [0.717, 1.165) is 24.3 Å². The lowest BCUT2D eigenvalue weighted by Crippen LogP contribution is -2.19. The fourth-order valence-electron chi connectivity index (χ4n) is 1.19. The number of benzene rings is 1. The number of rotatable bonds is 2. The molecule has 0 aromatic heterocycles. The number of esters is 1. The van der Waals surface area contributed by atoms with Crippen LogP contribution in [0, 0.1) is 11.8 Å². The smallest absolute Gasteiger partial charge is 0.416 e. The van der Waals surface area contributed by atoms with Crippen molar-refractivity contribution in [1.82, 2.24) is 0 Å². The molecule has 106 valence electrons. The van der Waals surface area contributed by atoms with E-state index in [2.05, 4.69) is 10.7 Å². The summed E-state index contributed by atoms with van der Waals surface area (Å²) >= 11 is 0. The highest BCUT2D eigenvalue weighted by Gasteiger charge is 2.29. The van der Waals surface area contributed by atoms with E-state index in [9.17, 15) is 22.8 Å². The topological polar surface area (TPSA) is 43.4 Å². The zero-order valence-electron chi connectivity index (χ0n) is 10.7. The van der Waals surface area contributed by atoms with Crippen LogP contribution in [0.1, 0.15) is 25.0 Å². The maximum absolute atomic E-state index is 12.3. The predicted octanol–water partition coefficient (Wildman–Crippen LogP) is 2.58. The first kappa shape index (κ1) is 15.8. The lowest BCUT2D eigenvalue weighted by molar-refractivity contribution is -0.154. The van der Waals surface area contributed by atoms with Crippen molar-refractivity contribution in [3.63, 3.8) is 0 Å². The SMILES string of the molecule is CC(C)OC(=O)C(=O)C#Cc1ccc(C(F)(F)F)cc1. The maximum Gasteiger partial charge on any atom is 0.416 e. The van der Waals surface area contributed by atoms with Crippen LogP contribution in [0.25, 0.3) is 0 Å². The minimum absolute atomic E-state index is 0.198. The summed E-state index contributed by atoms with van der Waals surface area (Å²) in [5.74, 6) is 2.20. The van der Waals surface area contributed by atoms with Crippen LogP contribution < -0.4 is 0 Å². The Kier molecular flexibility index (Phi) is 4.92. The lowest BCUT2D eigenvalue weighted by atomic mass is 10.1. The number of ether oxygens (including phenoxy) is 1. The summed E-state index contributed by atoms with van der Waals surface area (Å²) in [6.07, 6.45) is -4.87. The number of alkyl halides is 3. The first-order valence-corrected chi connectivity index (χ1v) is 5.64. The van der Waals surface area contributed by atoms with Gasteiger partial charge in [0.15, 0.2) is 0 Å². The molecule has 0 atom stereocenters. The van der Waals surface area contributed by atoms with Gasteiger partial charge in [-0.25, -0.2) is 4.79 Å². The van der Waals surface area contributed by atoms with E-state index < -0.39 is 29.6 Å². The fourth-order valence-corrected chi connectivity index (χ4v) is 1.19.